The fourth-order valence-electron chi connectivity index (χ4n) is 2.87. The standard InChI is InChI=1S/C17H10N2O3S/c18-7-11-15-14(17(20)22-16(11)19)13(9-5-6-23-8-9)10-3-1-2-4-12(10)21-15/h1-6,8,13H,19H2. The number of ether oxygens (including phenoxy) is 1. The predicted molar refractivity (Wildman–Crippen MR) is 85.9 cm³/mol. The molecule has 1 atom stereocenters. The van der Waals surface area contributed by atoms with E-state index >= 15 is 0 Å². The van der Waals surface area contributed by atoms with Gasteiger partial charge in [0.15, 0.2) is 11.3 Å². The molecule has 2 aromatic heterocycles. The van der Waals surface area contributed by atoms with Gasteiger partial charge >= 0.3 is 5.63 Å². The van der Waals surface area contributed by atoms with Crippen LogP contribution in [0.2, 0.25) is 0 Å². The molecule has 112 valence electrons. The molecule has 0 aliphatic carbocycles. The first kappa shape index (κ1) is 13.6. The van der Waals surface area contributed by atoms with Gasteiger partial charge in [0.05, 0.1) is 5.56 Å². The highest BCUT2D eigenvalue weighted by atomic mass is 32.1. The zero-order valence-electron chi connectivity index (χ0n) is 11.8. The fraction of sp³-hybridized carbons (Fsp3) is 0.0588. The molecule has 3 aromatic rings. The molecular formula is C17H10N2O3S. The Labute approximate surface area is 135 Å². The minimum absolute atomic E-state index is 0.0503. The first-order valence-corrected chi connectivity index (χ1v) is 7.80. The molecule has 0 radical (unpaired) electrons. The van der Waals surface area contributed by atoms with Crippen molar-refractivity contribution in [2.24, 2.45) is 0 Å². The van der Waals surface area contributed by atoms with Crippen LogP contribution in [-0.2, 0) is 0 Å². The van der Waals surface area contributed by atoms with E-state index in [2.05, 4.69) is 0 Å². The number of fused-ring (bicyclic) bond motifs is 2. The summed E-state index contributed by atoms with van der Waals surface area (Å²) in [4.78, 5) is 12.4. The van der Waals surface area contributed by atoms with Gasteiger partial charge in [0.25, 0.3) is 0 Å². The van der Waals surface area contributed by atoms with Gasteiger partial charge in [-0.15, -0.1) is 0 Å². The Hall–Kier alpha value is -3.04. The number of nitrogen functional groups attached to an aromatic ring is 1. The number of para-hydroxylation sites is 1. The van der Waals surface area contributed by atoms with Gasteiger partial charge in [0.1, 0.15) is 11.8 Å². The molecule has 3 heterocycles. The van der Waals surface area contributed by atoms with Crippen molar-refractivity contribution in [1.82, 2.24) is 0 Å². The van der Waals surface area contributed by atoms with Crippen LogP contribution in [0.3, 0.4) is 0 Å². The minimum Gasteiger partial charge on any atom is -0.455 e. The van der Waals surface area contributed by atoms with Crippen LogP contribution >= 0.6 is 11.3 Å². The molecule has 1 unspecified atom stereocenters. The number of hydrogen-bond donors (Lipinski definition) is 1. The number of anilines is 1. The summed E-state index contributed by atoms with van der Waals surface area (Å²) in [5.74, 6) is 0.235. The van der Waals surface area contributed by atoms with Gasteiger partial charge in [-0.2, -0.15) is 16.6 Å². The third kappa shape index (κ3) is 1.94. The predicted octanol–water partition coefficient (Wildman–Crippen LogP) is 3.44. The van der Waals surface area contributed by atoms with Gasteiger partial charge < -0.3 is 14.9 Å². The van der Waals surface area contributed by atoms with Gasteiger partial charge in [-0.3, -0.25) is 0 Å². The summed E-state index contributed by atoms with van der Waals surface area (Å²) in [6.45, 7) is 0. The monoisotopic (exact) mass is 322 g/mol. The second-order valence-electron chi connectivity index (χ2n) is 5.11. The third-order valence-electron chi connectivity index (χ3n) is 3.86. The van der Waals surface area contributed by atoms with Crippen molar-refractivity contribution in [2.45, 2.75) is 5.92 Å². The minimum atomic E-state index is -0.581. The van der Waals surface area contributed by atoms with Crippen LogP contribution in [0, 0.1) is 11.3 Å². The van der Waals surface area contributed by atoms with E-state index < -0.39 is 5.63 Å². The molecule has 5 nitrogen and oxygen atoms in total. The SMILES string of the molecule is N#Cc1c(N)oc(=O)c2c1Oc1ccccc1C2c1ccsc1. The van der Waals surface area contributed by atoms with E-state index in [-0.39, 0.29) is 23.1 Å². The highest BCUT2D eigenvalue weighted by molar-refractivity contribution is 7.08. The molecule has 1 aliphatic heterocycles. The summed E-state index contributed by atoms with van der Waals surface area (Å²) >= 11 is 1.54. The Kier molecular flexibility index (Phi) is 2.96. The molecule has 0 saturated carbocycles. The highest BCUT2D eigenvalue weighted by Crippen LogP contribution is 2.48. The lowest BCUT2D eigenvalue weighted by atomic mass is 9.84. The van der Waals surface area contributed by atoms with Gasteiger partial charge in [0, 0.05) is 11.5 Å². The van der Waals surface area contributed by atoms with Crippen LogP contribution < -0.4 is 16.1 Å². The first-order chi connectivity index (χ1) is 11.2. The molecule has 0 saturated heterocycles. The number of nitrogens with zero attached hydrogens (tertiary/aromatic N) is 1. The number of thiophene rings is 1. The van der Waals surface area contributed by atoms with E-state index in [0.717, 1.165) is 11.1 Å². The second-order valence-corrected chi connectivity index (χ2v) is 5.89. The van der Waals surface area contributed by atoms with Crippen molar-refractivity contribution in [3.63, 3.8) is 0 Å². The van der Waals surface area contributed by atoms with Crippen molar-refractivity contribution in [3.05, 3.63) is 73.8 Å². The third-order valence-corrected chi connectivity index (χ3v) is 4.56. The lowest BCUT2D eigenvalue weighted by molar-refractivity contribution is 0.425. The topological polar surface area (TPSA) is 89.3 Å². The Balaban J connectivity index is 2.10. The Bertz CT molecular complexity index is 1000. The quantitative estimate of drug-likeness (QED) is 0.580. The number of rotatable bonds is 1. The van der Waals surface area contributed by atoms with E-state index in [1.807, 2.05) is 47.2 Å². The van der Waals surface area contributed by atoms with Crippen LogP contribution in [0.5, 0.6) is 11.5 Å². The van der Waals surface area contributed by atoms with Crippen LogP contribution in [0.1, 0.15) is 28.2 Å². The Morgan fingerprint density at radius 1 is 1.26 bits per heavy atom. The maximum absolute atomic E-state index is 12.4. The van der Waals surface area contributed by atoms with Crippen LogP contribution in [0.4, 0.5) is 5.88 Å². The molecule has 0 amide bonds. The van der Waals surface area contributed by atoms with E-state index in [1.54, 1.807) is 0 Å². The van der Waals surface area contributed by atoms with Crippen LogP contribution in [0.15, 0.2) is 50.3 Å². The number of nitriles is 1. The van der Waals surface area contributed by atoms with Crippen molar-refractivity contribution >= 4 is 17.2 Å². The van der Waals surface area contributed by atoms with Gasteiger partial charge in [-0.25, -0.2) is 4.79 Å². The molecule has 4 rings (SSSR count). The van der Waals surface area contributed by atoms with Gasteiger partial charge in [-0.05, 0) is 28.5 Å². The maximum Gasteiger partial charge on any atom is 0.345 e. The average Bonchev–Trinajstić information content (AvgIpc) is 3.07. The van der Waals surface area contributed by atoms with Crippen molar-refractivity contribution < 1.29 is 9.15 Å². The van der Waals surface area contributed by atoms with E-state index in [0.29, 0.717) is 11.3 Å². The van der Waals surface area contributed by atoms with E-state index in [1.165, 1.54) is 11.3 Å². The number of hydrogen-bond acceptors (Lipinski definition) is 6. The Morgan fingerprint density at radius 3 is 2.83 bits per heavy atom. The number of benzene rings is 1. The molecule has 1 aromatic carbocycles. The normalized spacial score (nSPS) is 15.2. The van der Waals surface area contributed by atoms with Crippen molar-refractivity contribution in [1.29, 1.82) is 5.26 Å². The van der Waals surface area contributed by atoms with Gasteiger partial charge in [0.2, 0.25) is 5.88 Å². The summed E-state index contributed by atoms with van der Waals surface area (Å²) in [7, 11) is 0. The summed E-state index contributed by atoms with van der Waals surface area (Å²) in [6, 6.07) is 11.4. The zero-order valence-corrected chi connectivity index (χ0v) is 12.6. The summed E-state index contributed by atoms with van der Waals surface area (Å²) in [5.41, 5.74) is 7.27. The van der Waals surface area contributed by atoms with Crippen molar-refractivity contribution in [2.75, 3.05) is 5.73 Å². The molecule has 6 heteroatoms. The lowest BCUT2D eigenvalue weighted by Crippen LogP contribution is -2.21. The zero-order chi connectivity index (χ0) is 16.0. The molecular weight excluding hydrogens is 312 g/mol. The van der Waals surface area contributed by atoms with E-state index in [4.69, 9.17) is 14.9 Å². The van der Waals surface area contributed by atoms with Gasteiger partial charge in [-0.1, -0.05) is 18.2 Å². The van der Waals surface area contributed by atoms with E-state index in [9.17, 15) is 10.1 Å². The summed E-state index contributed by atoms with van der Waals surface area (Å²) < 4.78 is 10.9. The molecule has 0 bridgehead atoms. The second kappa shape index (κ2) is 5.00. The van der Waals surface area contributed by atoms with Crippen LogP contribution in [-0.4, -0.2) is 0 Å². The summed E-state index contributed by atoms with van der Waals surface area (Å²) in [6.07, 6.45) is 0. The molecule has 0 spiro atoms. The summed E-state index contributed by atoms with van der Waals surface area (Å²) in [5, 5.41) is 13.3. The first-order valence-electron chi connectivity index (χ1n) is 6.86. The van der Waals surface area contributed by atoms with Crippen LogP contribution in [0.25, 0.3) is 0 Å². The molecule has 23 heavy (non-hydrogen) atoms. The molecule has 0 fully saturated rings. The largest absolute Gasteiger partial charge is 0.455 e. The fourth-order valence-corrected chi connectivity index (χ4v) is 3.55. The number of nitrogens with two attached hydrogens (primary N) is 1. The average molecular weight is 322 g/mol. The smallest absolute Gasteiger partial charge is 0.345 e. The van der Waals surface area contributed by atoms with Crippen molar-refractivity contribution in [3.8, 4) is 17.6 Å². The molecule has 2 N–H and O–H groups in total. The maximum atomic E-state index is 12.4. The lowest BCUT2D eigenvalue weighted by Gasteiger charge is -2.27. The Morgan fingerprint density at radius 2 is 2.09 bits per heavy atom. The molecule has 1 aliphatic rings. The highest BCUT2D eigenvalue weighted by Gasteiger charge is 2.35.